The SMILES string of the molecule is C[C@H](C(=O)[O-])N(c1ccc(Oc2ccccc2)cc1)S(C)(=O)=O. The zero-order chi connectivity index (χ0) is 17.0. The number of carbonyl (C=O) groups is 1. The molecule has 1 atom stereocenters. The highest BCUT2D eigenvalue weighted by Gasteiger charge is 2.24. The number of nitrogens with zero attached hydrogens (tertiary/aromatic N) is 1. The first kappa shape index (κ1) is 16.8. The van der Waals surface area contributed by atoms with Crippen LogP contribution in [0, 0.1) is 0 Å². The van der Waals surface area contributed by atoms with E-state index in [0.717, 1.165) is 10.6 Å². The first-order chi connectivity index (χ1) is 10.8. The second-order valence-corrected chi connectivity index (χ2v) is 6.82. The first-order valence-electron chi connectivity index (χ1n) is 6.82. The van der Waals surface area contributed by atoms with Crippen LogP contribution in [0.5, 0.6) is 11.5 Å². The number of sulfonamides is 1. The van der Waals surface area contributed by atoms with E-state index in [-0.39, 0.29) is 5.69 Å². The Hall–Kier alpha value is -2.54. The standard InChI is InChI=1S/C16H17NO5S/c1-12(16(18)19)17(23(2,20)21)13-8-10-15(11-9-13)22-14-6-4-3-5-7-14/h3-12H,1-2H3,(H,18,19)/p-1/t12-/m1/s1. The van der Waals surface area contributed by atoms with Crippen molar-refractivity contribution in [3.05, 3.63) is 54.6 Å². The van der Waals surface area contributed by atoms with Gasteiger partial charge in [-0.05, 0) is 43.3 Å². The van der Waals surface area contributed by atoms with Gasteiger partial charge in [0.25, 0.3) is 0 Å². The molecular formula is C16H16NO5S-. The molecule has 0 bridgehead atoms. The molecule has 0 unspecified atom stereocenters. The van der Waals surface area contributed by atoms with Crippen LogP contribution < -0.4 is 14.1 Å². The number of aliphatic carboxylic acids is 1. The lowest BCUT2D eigenvalue weighted by atomic mass is 10.2. The molecule has 2 rings (SSSR count). The van der Waals surface area contributed by atoms with Gasteiger partial charge in [-0.3, -0.25) is 4.31 Å². The van der Waals surface area contributed by atoms with Crippen molar-refractivity contribution in [1.82, 2.24) is 0 Å². The van der Waals surface area contributed by atoms with Crippen LogP contribution in [0.2, 0.25) is 0 Å². The molecule has 0 aliphatic rings. The van der Waals surface area contributed by atoms with E-state index in [1.807, 2.05) is 18.2 Å². The molecule has 23 heavy (non-hydrogen) atoms. The van der Waals surface area contributed by atoms with E-state index in [9.17, 15) is 18.3 Å². The summed E-state index contributed by atoms with van der Waals surface area (Å²) in [6, 6.07) is 13.9. The number of hydrogen-bond donors (Lipinski definition) is 0. The molecule has 0 N–H and O–H groups in total. The van der Waals surface area contributed by atoms with Crippen LogP contribution in [0.1, 0.15) is 6.92 Å². The Kier molecular flexibility index (Phi) is 4.90. The number of carboxylic acid groups (broad SMARTS) is 1. The maximum atomic E-state index is 11.9. The Morgan fingerprint density at radius 1 is 1.04 bits per heavy atom. The van der Waals surface area contributed by atoms with Crippen LogP contribution in [0.15, 0.2) is 54.6 Å². The van der Waals surface area contributed by atoms with Crippen LogP contribution in [-0.4, -0.2) is 26.7 Å². The minimum atomic E-state index is -3.76. The number of ether oxygens (including phenoxy) is 1. The van der Waals surface area contributed by atoms with Crippen molar-refractivity contribution in [2.45, 2.75) is 13.0 Å². The summed E-state index contributed by atoms with van der Waals surface area (Å²) in [5.41, 5.74) is 0.226. The van der Waals surface area contributed by atoms with Gasteiger partial charge < -0.3 is 14.6 Å². The fourth-order valence-electron chi connectivity index (χ4n) is 2.08. The summed E-state index contributed by atoms with van der Waals surface area (Å²) in [7, 11) is -3.76. The van der Waals surface area contributed by atoms with Crippen LogP contribution in [0.25, 0.3) is 0 Å². The number of hydrogen-bond acceptors (Lipinski definition) is 5. The largest absolute Gasteiger partial charge is 0.548 e. The van der Waals surface area contributed by atoms with Gasteiger partial charge >= 0.3 is 0 Å². The topological polar surface area (TPSA) is 86.7 Å². The van der Waals surface area contributed by atoms with Crippen molar-refractivity contribution in [3.8, 4) is 11.5 Å². The van der Waals surface area contributed by atoms with E-state index in [1.54, 1.807) is 24.3 Å². The summed E-state index contributed by atoms with van der Waals surface area (Å²) in [6.07, 6.45) is 0.945. The van der Waals surface area contributed by atoms with Gasteiger partial charge in [0.1, 0.15) is 11.5 Å². The minimum absolute atomic E-state index is 0.226. The summed E-state index contributed by atoms with van der Waals surface area (Å²) in [5, 5.41) is 11.0. The molecule has 0 saturated heterocycles. The zero-order valence-corrected chi connectivity index (χ0v) is 13.5. The van der Waals surface area contributed by atoms with E-state index in [2.05, 4.69) is 0 Å². The average molecular weight is 334 g/mol. The molecular weight excluding hydrogens is 318 g/mol. The Balaban J connectivity index is 2.27. The van der Waals surface area contributed by atoms with Crippen molar-refractivity contribution in [2.75, 3.05) is 10.6 Å². The zero-order valence-electron chi connectivity index (χ0n) is 12.7. The minimum Gasteiger partial charge on any atom is -0.548 e. The van der Waals surface area contributed by atoms with Gasteiger partial charge in [-0.1, -0.05) is 18.2 Å². The number of rotatable bonds is 6. The van der Waals surface area contributed by atoms with E-state index in [0.29, 0.717) is 11.5 Å². The first-order valence-corrected chi connectivity index (χ1v) is 8.67. The molecule has 0 aliphatic carbocycles. The summed E-state index contributed by atoms with van der Waals surface area (Å²) in [4.78, 5) is 11.0. The molecule has 122 valence electrons. The van der Waals surface area contributed by atoms with E-state index in [1.165, 1.54) is 19.1 Å². The van der Waals surface area contributed by atoms with Crippen molar-refractivity contribution < 1.29 is 23.1 Å². The number of carboxylic acids is 1. The van der Waals surface area contributed by atoms with Gasteiger partial charge in [-0.15, -0.1) is 0 Å². The normalized spacial score (nSPS) is 12.4. The molecule has 0 radical (unpaired) electrons. The Bertz CT molecular complexity index is 772. The lowest BCUT2D eigenvalue weighted by molar-refractivity contribution is -0.306. The van der Waals surface area contributed by atoms with E-state index < -0.39 is 22.0 Å². The third-order valence-corrected chi connectivity index (χ3v) is 4.36. The average Bonchev–Trinajstić information content (AvgIpc) is 2.49. The quantitative estimate of drug-likeness (QED) is 0.796. The lowest BCUT2D eigenvalue weighted by Crippen LogP contribution is -2.48. The van der Waals surface area contributed by atoms with Crippen LogP contribution in [0.3, 0.4) is 0 Å². The van der Waals surface area contributed by atoms with Crippen LogP contribution in [0.4, 0.5) is 5.69 Å². The molecule has 0 spiro atoms. The fourth-order valence-corrected chi connectivity index (χ4v) is 3.25. The molecule has 0 aliphatic heterocycles. The van der Waals surface area contributed by atoms with Gasteiger partial charge in [0.15, 0.2) is 0 Å². The van der Waals surface area contributed by atoms with Crippen molar-refractivity contribution in [3.63, 3.8) is 0 Å². The highest BCUT2D eigenvalue weighted by atomic mass is 32.2. The highest BCUT2D eigenvalue weighted by molar-refractivity contribution is 7.92. The van der Waals surface area contributed by atoms with Crippen molar-refractivity contribution in [2.24, 2.45) is 0 Å². The van der Waals surface area contributed by atoms with Crippen LogP contribution >= 0.6 is 0 Å². The Morgan fingerprint density at radius 2 is 1.57 bits per heavy atom. The summed E-state index contributed by atoms with van der Waals surface area (Å²) in [6.45, 7) is 1.25. The number of anilines is 1. The van der Waals surface area contributed by atoms with Gasteiger partial charge in [0, 0.05) is 0 Å². The predicted octanol–water partition coefficient (Wildman–Crippen LogP) is 1.38. The highest BCUT2D eigenvalue weighted by Crippen LogP contribution is 2.26. The van der Waals surface area contributed by atoms with Crippen molar-refractivity contribution in [1.29, 1.82) is 0 Å². The number of carbonyl (C=O) groups excluding carboxylic acids is 1. The number of para-hydroxylation sites is 1. The maximum Gasteiger partial charge on any atom is 0.232 e. The Morgan fingerprint density at radius 3 is 2.04 bits per heavy atom. The van der Waals surface area contributed by atoms with Crippen molar-refractivity contribution >= 4 is 21.7 Å². The van der Waals surface area contributed by atoms with E-state index in [4.69, 9.17) is 4.74 Å². The maximum absolute atomic E-state index is 11.9. The smallest absolute Gasteiger partial charge is 0.232 e. The molecule has 0 aromatic heterocycles. The lowest BCUT2D eigenvalue weighted by Gasteiger charge is -2.29. The molecule has 2 aromatic carbocycles. The van der Waals surface area contributed by atoms with Crippen LogP contribution in [-0.2, 0) is 14.8 Å². The number of benzene rings is 2. The molecule has 0 saturated carbocycles. The third-order valence-electron chi connectivity index (χ3n) is 3.12. The molecule has 2 aromatic rings. The molecule has 6 nitrogen and oxygen atoms in total. The molecule has 0 heterocycles. The second-order valence-electron chi connectivity index (χ2n) is 4.96. The van der Waals surface area contributed by atoms with E-state index >= 15 is 0 Å². The Labute approximate surface area is 135 Å². The summed E-state index contributed by atoms with van der Waals surface area (Å²) in [5.74, 6) is -0.321. The monoisotopic (exact) mass is 334 g/mol. The molecule has 0 fully saturated rings. The van der Waals surface area contributed by atoms with Gasteiger partial charge in [0.05, 0.1) is 24.0 Å². The fraction of sp³-hybridized carbons (Fsp3) is 0.188. The molecule has 0 amide bonds. The second kappa shape index (κ2) is 6.70. The summed E-state index contributed by atoms with van der Waals surface area (Å²) < 4.78 is 30.1. The third kappa shape index (κ3) is 4.23. The van der Waals surface area contributed by atoms with Gasteiger partial charge in [-0.25, -0.2) is 8.42 Å². The predicted molar refractivity (Wildman–Crippen MR) is 84.7 cm³/mol. The van der Waals surface area contributed by atoms with Gasteiger partial charge in [-0.2, -0.15) is 0 Å². The summed E-state index contributed by atoms with van der Waals surface area (Å²) >= 11 is 0. The van der Waals surface area contributed by atoms with Gasteiger partial charge in [0.2, 0.25) is 10.0 Å². The molecule has 7 heteroatoms.